The van der Waals surface area contributed by atoms with Crippen LogP contribution >= 0.6 is 0 Å². The minimum Gasteiger partial charge on any atom is -0.310 e. The Morgan fingerprint density at radius 1 is 1.32 bits per heavy atom. The fourth-order valence-electron chi connectivity index (χ4n) is 2.08. The second-order valence-electron chi connectivity index (χ2n) is 4.24. The molecule has 1 unspecified atom stereocenters. The molecule has 0 aromatic heterocycles. The maximum Gasteiger partial charge on any atom is 0.323 e. The van der Waals surface area contributed by atoms with Gasteiger partial charge in [-0.3, -0.25) is 10.7 Å². The lowest BCUT2D eigenvalue weighted by Gasteiger charge is -2.22. The summed E-state index contributed by atoms with van der Waals surface area (Å²) >= 11 is 0. The van der Waals surface area contributed by atoms with Gasteiger partial charge in [-0.05, 0) is 24.1 Å². The van der Waals surface area contributed by atoms with Gasteiger partial charge in [-0.25, -0.2) is 18.0 Å². The first-order valence-electron chi connectivity index (χ1n) is 5.76. The van der Waals surface area contributed by atoms with E-state index in [0.29, 0.717) is 13.0 Å². The van der Waals surface area contributed by atoms with E-state index in [4.69, 9.17) is 5.41 Å². The Morgan fingerprint density at radius 3 is 2.42 bits per heavy atom. The fraction of sp³-hybridized carbons (Fsp3) is 0.333. The first kappa shape index (κ1) is 13.4. The van der Waals surface area contributed by atoms with Crippen LogP contribution in [0.2, 0.25) is 0 Å². The fourth-order valence-corrected chi connectivity index (χ4v) is 2.08. The molecule has 1 heterocycles. The SMILES string of the molecule is CCCN1C(=O)NC(=N)C1c1cc(F)c(F)c(F)c1. The summed E-state index contributed by atoms with van der Waals surface area (Å²) < 4.78 is 39.4. The second-order valence-corrected chi connectivity index (χ2v) is 4.24. The number of carbonyl (C=O) groups is 1. The largest absolute Gasteiger partial charge is 0.323 e. The van der Waals surface area contributed by atoms with Gasteiger partial charge >= 0.3 is 6.03 Å². The van der Waals surface area contributed by atoms with Crippen LogP contribution < -0.4 is 5.32 Å². The minimum atomic E-state index is -1.56. The van der Waals surface area contributed by atoms with Gasteiger partial charge in [0.25, 0.3) is 0 Å². The lowest BCUT2D eigenvalue weighted by atomic mass is 10.0. The van der Waals surface area contributed by atoms with Gasteiger partial charge in [0.15, 0.2) is 17.5 Å². The molecule has 2 rings (SSSR count). The van der Waals surface area contributed by atoms with Crippen molar-refractivity contribution in [3.05, 3.63) is 35.1 Å². The molecule has 7 heteroatoms. The molecule has 2 N–H and O–H groups in total. The number of urea groups is 1. The van der Waals surface area contributed by atoms with Crippen LogP contribution in [0, 0.1) is 22.9 Å². The lowest BCUT2D eigenvalue weighted by molar-refractivity contribution is 0.205. The van der Waals surface area contributed by atoms with Gasteiger partial charge < -0.3 is 4.90 Å². The minimum absolute atomic E-state index is 0.0354. The van der Waals surface area contributed by atoms with Crippen LogP contribution in [0.25, 0.3) is 0 Å². The Labute approximate surface area is 107 Å². The molecule has 1 aliphatic heterocycles. The molecule has 0 aliphatic carbocycles. The first-order chi connectivity index (χ1) is 8.95. The van der Waals surface area contributed by atoms with Gasteiger partial charge in [0.05, 0.1) is 0 Å². The Balaban J connectivity index is 2.44. The predicted molar refractivity (Wildman–Crippen MR) is 62.3 cm³/mol. The quantitative estimate of drug-likeness (QED) is 0.815. The maximum atomic E-state index is 13.2. The van der Waals surface area contributed by atoms with Crippen molar-refractivity contribution >= 4 is 11.9 Å². The van der Waals surface area contributed by atoms with E-state index in [-0.39, 0.29) is 11.4 Å². The molecule has 0 saturated carbocycles. The van der Waals surface area contributed by atoms with E-state index in [9.17, 15) is 18.0 Å². The van der Waals surface area contributed by atoms with Crippen LogP contribution in [0.15, 0.2) is 12.1 Å². The Morgan fingerprint density at radius 2 is 1.89 bits per heavy atom. The van der Waals surface area contributed by atoms with Crippen molar-refractivity contribution in [2.24, 2.45) is 0 Å². The summed E-state index contributed by atoms with van der Waals surface area (Å²) in [5, 5.41) is 9.95. The number of carbonyl (C=O) groups excluding carboxylic acids is 1. The molecule has 4 nitrogen and oxygen atoms in total. The molecular formula is C12H12F3N3O. The monoisotopic (exact) mass is 271 g/mol. The molecule has 1 fully saturated rings. The van der Waals surface area contributed by atoms with Crippen LogP contribution in [-0.2, 0) is 0 Å². The highest BCUT2D eigenvalue weighted by Crippen LogP contribution is 2.28. The molecule has 19 heavy (non-hydrogen) atoms. The summed E-state index contributed by atoms with van der Waals surface area (Å²) in [7, 11) is 0. The van der Waals surface area contributed by atoms with Crippen molar-refractivity contribution in [2.75, 3.05) is 6.54 Å². The molecule has 102 valence electrons. The van der Waals surface area contributed by atoms with E-state index in [1.807, 2.05) is 6.92 Å². The number of hydrogen-bond acceptors (Lipinski definition) is 2. The highest BCUT2D eigenvalue weighted by Gasteiger charge is 2.36. The molecule has 1 saturated heterocycles. The average molecular weight is 271 g/mol. The number of rotatable bonds is 3. The van der Waals surface area contributed by atoms with Crippen LogP contribution in [0.1, 0.15) is 24.9 Å². The molecule has 1 aromatic carbocycles. The van der Waals surface area contributed by atoms with Crippen LogP contribution in [0.3, 0.4) is 0 Å². The van der Waals surface area contributed by atoms with Crippen LogP contribution in [-0.4, -0.2) is 23.3 Å². The molecular weight excluding hydrogens is 259 g/mol. The van der Waals surface area contributed by atoms with Crippen molar-refractivity contribution in [3.63, 3.8) is 0 Å². The number of hydrogen-bond donors (Lipinski definition) is 2. The van der Waals surface area contributed by atoms with Gasteiger partial charge in [-0.2, -0.15) is 0 Å². The zero-order chi connectivity index (χ0) is 14.2. The summed E-state index contributed by atoms with van der Waals surface area (Å²) in [5.74, 6) is -4.41. The Kier molecular flexibility index (Phi) is 3.46. The number of benzene rings is 1. The summed E-state index contributed by atoms with van der Waals surface area (Å²) in [6, 6.07) is 0.209. The molecule has 1 aromatic rings. The topological polar surface area (TPSA) is 56.2 Å². The molecule has 0 bridgehead atoms. The van der Waals surface area contributed by atoms with Crippen molar-refractivity contribution in [1.29, 1.82) is 5.41 Å². The predicted octanol–water partition coefficient (Wildman–Crippen LogP) is 2.56. The third-order valence-corrected chi connectivity index (χ3v) is 2.87. The van der Waals surface area contributed by atoms with Gasteiger partial charge in [0.1, 0.15) is 11.9 Å². The smallest absolute Gasteiger partial charge is 0.310 e. The number of nitrogens with zero attached hydrogens (tertiary/aromatic N) is 1. The average Bonchev–Trinajstić information content (AvgIpc) is 2.61. The summed E-state index contributed by atoms with van der Waals surface area (Å²) in [4.78, 5) is 12.9. The van der Waals surface area contributed by atoms with Crippen LogP contribution in [0.5, 0.6) is 0 Å². The molecule has 0 spiro atoms. The Bertz CT molecular complexity index is 524. The highest BCUT2D eigenvalue weighted by atomic mass is 19.2. The molecule has 1 aliphatic rings. The third kappa shape index (κ3) is 2.27. The highest BCUT2D eigenvalue weighted by molar-refractivity contribution is 6.05. The van der Waals surface area contributed by atoms with Crippen molar-refractivity contribution in [1.82, 2.24) is 10.2 Å². The second kappa shape index (κ2) is 4.91. The van der Waals surface area contributed by atoms with Crippen molar-refractivity contribution in [3.8, 4) is 0 Å². The van der Waals surface area contributed by atoms with E-state index in [2.05, 4.69) is 5.32 Å². The maximum absolute atomic E-state index is 13.2. The van der Waals surface area contributed by atoms with E-state index in [0.717, 1.165) is 12.1 Å². The Hall–Kier alpha value is -2.05. The zero-order valence-electron chi connectivity index (χ0n) is 10.1. The van der Waals surface area contributed by atoms with Crippen molar-refractivity contribution in [2.45, 2.75) is 19.4 Å². The molecule has 1 atom stereocenters. The first-order valence-corrected chi connectivity index (χ1v) is 5.76. The number of amidine groups is 1. The molecule has 0 radical (unpaired) electrons. The normalized spacial score (nSPS) is 18.9. The number of nitrogens with one attached hydrogen (secondary N) is 2. The zero-order valence-corrected chi connectivity index (χ0v) is 10.1. The summed E-state index contributed by atoms with van der Waals surface area (Å²) in [5.41, 5.74) is 0.0354. The summed E-state index contributed by atoms with van der Waals surface area (Å²) in [6.45, 7) is 2.16. The van der Waals surface area contributed by atoms with Gasteiger partial charge in [0.2, 0.25) is 0 Å². The number of amides is 2. The lowest BCUT2D eigenvalue weighted by Crippen LogP contribution is -2.30. The van der Waals surface area contributed by atoms with E-state index in [1.165, 1.54) is 4.90 Å². The van der Waals surface area contributed by atoms with E-state index < -0.39 is 29.5 Å². The molecule has 2 amide bonds. The number of halogens is 3. The van der Waals surface area contributed by atoms with E-state index >= 15 is 0 Å². The summed E-state index contributed by atoms with van der Waals surface area (Å²) in [6.07, 6.45) is 0.628. The van der Waals surface area contributed by atoms with Gasteiger partial charge in [0, 0.05) is 6.54 Å². The van der Waals surface area contributed by atoms with Gasteiger partial charge in [-0.15, -0.1) is 0 Å². The third-order valence-electron chi connectivity index (χ3n) is 2.87. The van der Waals surface area contributed by atoms with Crippen molar-refractivity contribution < 1.29 is 18.0 Å². The van der Waals surface area contributed by atoms with Gasteiger partial charge in [-0.1, -0.05) is 6.92 Å². The van der Waals surface area contributed by atoms with Crippen LogP contribution in [0.4, 0.5) is 18.0 Å². The van der Waals surface area contributed by atoms with E-state index in [1.54, 1.807) is 0 Å². The standard InChI is InChI=1S/C12H12F3N3O/c1-2-3-18-10(11(16)17-12(18)19)6-4-7(13)9(15)8(14)5-6/h4-5,10H,2-3H2,1H3,(H2,16,17,19).